The first-order chi connectivity index (χ1) is 9.81. The Morgan fingerprint density at radius 1 is 0.900 bits per heavy atom. The average Bonchev–Trinajstić information content (AvgIpc) is 2.52. The average molecular weight is 286 g/mol. The van der Waals surface area contributed by atoms with Crippen molar-refractivity contribution in [3.8, 4) is 0 Å². The molecule has 0 radical (unpaired) electrons. The van der Waals surface area contributed by atoms with Crippen molar-refractivity contribution < 1.29 is 5.11 Å². The maximum absolute atomic E-state index is 10.3. The highest BCUT2D eigenvalue weighted by Crippen LogP contribution is 2.34. The fourth-order valence-electron chi connectivity index (χ4n) is 2.32. The summed E-state index contributed by atoms with van der Waals surface area (Å²) in [6, 6.07) is 21.2. The first-order valence-corrected chi connectivity index (χ1v) is 8.89. The van der Waals surface area contributed by atoms with Crippen molar-refractivity contribution in [3.63, 3.8) is 0 Å². The van der Waals surface area contributed by atoms with E-state index in [1.807, 2.05) is 0 Å². The van der Waals surface area contributed by atoms with E-state index < -0.39 is 7.92 Å². The summed E-state index contributed by atoms with van der Waals surface area (Å²) in [5.74, 6) is 0. The molecule has 20 heavy (non-hydrogen) atoms. The molecule has 0 aromatic heterocycles. The lowest BCUT2D eigenvalue weighted by atomic mass is 10.2. The number of rotatable bonds is 7. The van der Waals surface area contributed by atoms with Gasteiger partial charge in [0.2, 0.25) is 0 Å². The number of benzene rings is 2. The van der Waals surface area contributed by atoms with Gasteiger partial charge in [0.25, 0.3) is 0 Å². The standard InChI is InChI=1S/C18H23OP/c1-2-3-10-16(19)15-20(17-11-6-4-7-12-17)18-13-8-5-9-14-18/h4-9,11-14,16,19H,2-3,10,15H2,1H3. The Labute approximate surface area is 123 Å². The molecule has 1 unspecified atom stereocenters. The quantitative estimate of drug-likeness (QED) is 0.770. The Bertz CT molecular complexity index is 444. The van der Waals surface area contributed by atoms with Crippen LogP contribution in [0.1, 0.15) is 26.2 Å². The highest BCUT2D eigenvalue weighted by molar-refractivity contribution is 7.73. The van der Waals surface area contributed by atoms with E-state index in [0.717, 1.165) is 25.4 Å². The van der Waals surface area contributed by atoms with Crippen molar-refractivity contribution in [1.29, 1.82) is 0 Å². The molecule has 0 heterocycles. The highest BCUT2D eigenvalue weighted by atomic mass is 31.1. The molecular formula is C18H23OP. The number of hydrogen-bond acceptors (Lipinski definition) is 1. The molecule has 0 amide bonds. The lowest BCUT2D eigenvalue weighted by Crippen LogP contribution is -2.21. The molecule has 2 rings (SSSR count). The van der Waals surface area contributed by atoms with Gasteiger partial charge in [-0.25, -0.2) is 0 Å². The van der Waals surface area contributed by atoms with Crippen LogP contribution in [0, 0.1) is 0 Å². The molecular weight excluding hydrogens is 263 g/mol. The maximum Gasteiger partial charge on any atom is 0.0585 e. The normalized spacial score (nSPS) is 12.6. The summed E-state index contributed by atoms with van der Waals surface area (Å²) in [4.78, 5) is 0. The van der Waals surface area contributed by atoms with E-state index in [2.05, 4.69) is 67.6 Å². The minimum atomic E-state index is -0.457. The van der Waals surface area contributed by atoms with Crippen LogP contribution in [0.3, 0.4) is 0 Å². The Morgan fingerprint density at radius 2 is 1.40 bits per heavy atom. The van der Waals surface area contributed by atoms with Gasteiger partial charge in [-0.1, -0.05) is 80.4 Å². The van der Waals surface area contributed by atoms with Gasteiger partial charge >= 0.3 is 0 Å². The molecule has 2 heteroatoms. The third-order valence-electron chi connectivity index (χ3n) is 3.42. The SMILES string of the molecule is CCCCC(O)CP(c1ccccc1)c1ccccc1. The maximum atomic E-state index is 10.3. The second-order valence-corrected chi connectivity index (χ2v) is 7.33. The van der Waals surface area contributed by atoms with E-state index in [9.17, 15) is 5.11 Å². The number of aliphatic hydroxyl groups is 1. The van der Waals surface area contributed by atoms with E-state index in [-0.39, 0.29) is 6.10 Å². The summed E-state index contributed by atoms with van der Waals surface area (Å²) >= 11 is 0. The zero-order chi connectivity index (χ0) is 14.2. The van der Waals surface area contributed by atoms with Gasteiger partial charge in [-0.2, -0.15) is 0 Å². The van der Waals surface area contributed by atoms with Gasteiger partial charge in [0.15, 0.2) is 0 Å². The third-order valence-corrected chi connectivity index (χ3v) is 6.05. The largest absolute Gasteiger partial charge is 0.393 e. The van der Waals surface area contributed by atoms with Crippen LogP contribution in [0.4, 0.5) is 0 Å². The van der Waals surface area contributed by atoms with Crippen LogP contribution in [0.25, 0.3) is 0 Å². The van der Waals surface area contributed by atoms with Crippen molar-refractivity contribution in [1.82, 2.24) is 0 Å². The number of aliphatic hydroxyl groups excluding tert-OH is 1. The second kappa shape index (κ2) is 8.19. The lowest BCUT2D eigenvalue weighted by Gasteiger charge is -2.22. The zero-order valence-electron chi connectivity index (χ0n) is 12.1. The topological polar surface area (TPSA) is 20.2 Å². The van der Waals surface area contributed by atoms with E-state index >= 15 is 0 Å². The molecule has 0 saturated carbocycles. The van der Waals surface area contributed by atoms with E-state index in [1.165, 1.54) is 10.6 Å². The molecule has 0 bridgehead atoms. The Morgan fingerprint density at radius 3 is 1.85 bits per heavy atom. The summed E-state index contributed by atoms with van der Waals surface area (Å²) < 4.78 is 0. The Balaban J connectivity index is 2.17. The molecule has 0 saturated heterocycles. The summed E-state index contributed by atoms with van der Waals surface area (Å²) in [5, 5.41) is 13.0. The van der Waals surface area contributed by atoms with Crippen molar-refractivity contribution >= 4 is 18.5 Å². The van der Waals surface area contributed by atoms with Crippen LogP contribution in [0.2, 0.25) is 0 Å². The van der Waals surface area contributed by atoms with E-state index in [4.69, 9.17) is 0 Å². The van der Waals surface area contributed by atoms with E-state index in [1.54, 1.807) is 0 Å². The highest BCUT2D eigenvalue weighted by Gasteiger charge is 2.17. The fourth-order valence-corrected chi connectivity index (χ4v) is 4.71. The van der Waals surface area contributed by atoms with Crippen LogP contribution >= 0.6 is 7.92 Å². The summed E-state index contributed by atoms with van der Waals surface area (Å²) in [7, 11) is -0.457. The van der Waals surface area contributed by atoms with Crippen LogP contribution in [0.5, 0.6) is 0 Å². The van der Waals surface area contributed by atoms with Gasteiger partial charge < -0.3 is 5.11 Å². The Kier molecular flexibility index (Phi) is 6.24. The van der Waals surface area contributed by atoms with Crippen LogP contribution in [-0.4, -0.2) is 17.4 Å². The van der Waals surface area contributed by atoms with Gasteiger partial charge in [-0.15, -0.1) is 0 Å². The molecule has 106 valence electrons. The van der Waals surface area contributed by atoms with Crippen LogP contribution < -0.4 is 10.6 Å². The van der Waals surface area contributed by atoms with Gasteiger partial charge in [0.05, 0.1) is 6.10 Å². The third kappa shape index (κ3) is 4.44. The first-order valence-electron chi connectivity index (χ1n) is 7.37. The van der Waals surface area contributed by atoms with Gasteiger partial charge in [0, 0.05) is 6.16 Å². The lowest BCUT2D eigenvalue weighted by molar-refractivity contribution is 0.185. The van der Waals surface area contributed by atoms with Gasteiger partial charge in [-0.05, 0) is 25.0 Å². The van der Waals surface area contributed by atoms with Crippen molar-refractivity contribution in [2.24, 2.45) is 0 Å². The first kappa shape index (κ1) is 15.2. The molecule has 1 N–H and O–H groups in total. The predicted octanol–water partition coefficient (Wildman–Crippen LogP) is 3.67. The summed E-state index contributed by atoms with van der Waals surface area (Å²) in [6.45, 7) is 2.17. The minimum absolute atomic E-state index is 0.193. The Hall–Kier alpha value is -1.17. The molecule has 1 nitrogen and oxygen atoms in total. The van der Waals surface area contributed by atoms with E-state index in [0.29, 0.717) is 0 Å². The number of unbranched alkanes of at least 4 members (excludes halogenated alkanes) is 1. The molecule has 1 atom stereocenters. The molecule has 0 fully saturated rings. The van der Waals surface area contributed by atoms with Gasteiger partial charge in [-0.3, -0.25) is 0 Å². The van der Waals surface area contributed by atoms with Crippen molar-refractivity contribution in [3.05, 3.63) is 60.7 Å². The summed E-state index contributed by atoms with van der Waals surface area (Å²) in [5.41, 5.74) is 0. The molecule has 0 spiro atoms. The number of hydrogen-bond donors (Lipinski definition) is 1. The molecule has 0 aliphatic rings. The smallest absolute Gasteiger partial charge is 0.0585 e. The molecule has 2 aromatic rings. The zero-order valence-corrected chi connectivity index (χ0v) is 13.0. The summed E-state index contributed by atoms with van der Waals surface area (Å²) in [6.07, 6.45) is 3.83. The van der Waals surface area contributed by atoms with Crippen molar-refractivity contribution in [2.75, 3.05) is 6.16 Å². The molecule has 0 aliphatic carbocycles. The molecule has 0 aliphatic heterocycles. The van der Waals surface area contributed by atoms with Crippen LogP contribution in [0.15, 0.2) is 60.7 Å². The van der Waals surface area contributed by atoms with Crippen LogP contribution in [-0.2, 0) is 0 Å². The molecule has 2 aromatic carbocycles. The minimum Gasteiger partial charge on any atom is -0.393 e. The second-order valence-electron chi connectivity index (χ2n) is 5.08. The fraction of sp³-hybridized carbons (Fsp3) is 0.333. The predicted molar refractivity (Wildman–Crippen MR) is 89.5 cm³/mol. The van der Waals surface area contributed by atoms with Crippen molar-refractivity contribution in [2.45, 2.75) is 32.3 Å². The monoisotopic (exact) mass is 286 g/mol. The van der Waals surface area contributed by atoms with Gasteiger partial charge in [0.1, 0.15) is 0 Å².